The van der Waals surface area contributed by atoms with Gasteiger partial charge in [0.15, 0.2) is 0 Å². The Kier molecular flexibility index (Phi) is 5.58. The lowest BCUT2D eigenvalue weighted by molar-refractivity contribution is 0.0526. The van der Waals surface area contributed by atoms with E-state index in [0.717, 1.165) is 22.6 Å². The van der Waals surface area contributed by atoms with Crippen LogP contribution < -0.4 is 10.6 Å². The van der Waals surface area contributed by atoms with Crippen molar-refractivity contribution in [1.29, 1.82) is 0 Å². The number of nitrogens with one attached hydrogen (secondary N) is 2. The van der Waals surface area contributed by atoms with E-state index in [2.05, 4.69) is 25.7 Å². The van der Waals surface area contributed by atoms with Gasteiger partial charge in [-0.3, -0.25) is 4.68 Å². The van der Waals surface area contributed by atoms with E-state index in [1.807, 2.05) is 33.9 Å². The maximum absolute atomic E-state index is 12.0. The number of carbonyl (C=O) groups excluding carboxylic acids is 1. The summed E-state index contributed by atoms with van der Waals surface area (Å²) in [6.45, 7) is 8.01. The summed E-state index contributed by atoms with van der Waals surface area (Å²) in [5, 5.41) is 10.8. The molecule has 146 valence electrons. The van der Waals surface area contributed by atoms with Gasteiger partial charge < -0.3 is 15.4 Å². The lowest BCUT2D eigenvalue weighted by Gasteiger charge is -2.11. The molecule has 0 aliphatic carbocycles. The van der Waals surface area contributed by atoms with Crippen LogP contribution in [0.2, 0.25) is 0 Å². The van der Waals surface area contributed by atoms with Gasteiger partial charge in [0.25, 0.3) is 0 Å². The van der Waals surface area contributed by atoms with Gasteiger partial charge in [-0.05, 0) is 57.5 Å². The average Bonchev–Trinajstić information content (AvgIpc) is 2.88. The molecule has 0 fully saturated rings. The second-order valence-electron chi connectivity index (χ2n) is 6.51. The van der Waals surface area contributed by atoms with Crippen LogP contribution in [0.1, 0.15) is 34.1 Å². The number of rotatable bonds is 6. The van der Waals surface area contributed by atoms with E-state index >= 15 is 0 Å². The van der Waals surface area contributed by atoms with Gasteiger partial charge >= 0.3 is 5.97 Å². The molecule has 2 aromatic heterocycles. The first kappa shape index (κ1) is 19.3. The van der Waals surface area contributed by atoms with Crippen LogP contribution in [0.4, 0.5) is 23.3 Å². The number of benzene rings is 1. The molecule has 0 amide bonds. The predicted molar refractivity (Wildman–Crippen MR) is 108 cm³/mol. The number of aryl methyl sites for hydroxylation is 3. The van der Waals surface area contributed by atoms with Crippen molar-refractivity contribution in [3.05, 3.63) is 52.8 Å². The van der Waals surface area contributed by atoms with Crippen LogP contribution in [0.3, 0.4) is 0 Å². The molecule has 2 heterocycles. The van der Waals surface area contributed by atoms with Crippen LogP contribution in [0, 0.1) is 20.8 Å². The molecule has 0 saturated heterocycles. The van der Waals surface area contributed by atoms with Crippen LogP contribution in [0.15, 0.2) is 30.5 Å². The molecule has 3 aromatic rings. The third-order valence-electron chi connectivity index (χ3n) is 4.27. The van der Waals surface area contributed by atoms with E-state index in [0.29, 0.717) is 29.6 Å². The van der Waals surface area contributed by atoms with Gasteiger partial charge in [-0.25, -0.2) is 9.78 Å². The van der Waals surface area contributed by atoms with E-state index in [-0.39, 0.29) is 5.97 Å². The highest BCUT2D eigenvalue weighted by Gasteiger charge is 2.12. The van der Waals surface area contributed by atoms with E-state index < -0.39 is 0 Å². The van der Waals surface area contributed by atoms with E-state index in [1.54, 1.807) is 36.0 Å². The number of ether oxygens (including phenoxy) is 1. The molecule has 2 N–H and O–H groups in total. The first-order valence-electron chi connectivity index (χ1n) is 9.03. The molecule has 28 heavy (non-hydrogen) atoms. The van der Waals surface area contributed by atoms with Crippen LogP contribution in [-0.4, -0.2) is 32.3 Å². The van der Waals surface area contributed by atoms with Crippen molar-refractivity contribution in [2.24, 2.45) is 7.05 Å². The van der Waals surface area contributed by atoms with Crippen molar-refractivity contribution >= 4 is 29.2 Å². The fraction of sp³-hybridized carbons (Fsp3) is 0.300. The largest absolute Gasteiger partial charge is 0.462 e. The monoisotopic (exact) mass is 380 g/mol. The summed E-state index contributed by atoms with van der Waals surface area (Å²) in [4.78, 5) is 20.8. The first-order chi connectivity index (χ1) is 13.4. The molecule has 0 unspecified atom stereocenters. The Labute approximate surface area is 164 Å². The Morgan fingerprint density at radius 3 is 2.64 bits per heavy atom. The topological polar surface area (TPSA) is 94.0 Å². The number of hydrogen-bond donors (Lipinski definition) is 2. The van der Waals surface area contributed by atoms with E-state index in [9.17, 15) is 4.79 Å². The Balaban J connectivity index is 1.82. The van der Waals surface area contributed by atoms with Gasteiger partial charge in [-0.15, -0.1) is 0 Å². The quantitative estimate of drug-likeness (QED) is 0.628. The minimum Gasteiger partial charge on any atom is -0.462 e. The lowest BCUT2D eigenvalue weighted by atomic mass is 10.1. The highest BCUT2D eigenvalue weighted by Crippen LogP contribution is 2.23. The fourth-order valence-electron chi connectivity index (χ4n) is 2.87. The molecule has 0 radical (unpaired) electrons. The maximum atomic E-state index is 12.0. The minimum atomic E-state index is -0.354. The SMILES string of the molecule is CCOC(=O)c1cc(C)cc(Nc2nccc(Nc3c(C)c(C)nn3C)n2)c1. The lowest BCUT2D eigenvalue weighted by Crippen LogP contribution is -2.07. The van der Waals surface area contributed by atoms with Crippen LogP contribution in [0.5, 0.6) is 0 Å². The molecular weight excluding hydrogens is 356 g/mol. The van der Waals surface area contributed by atoms with Gasteiger partial charge in [0.1, 0.15) is 11.6 Å². The summed E-state index contributed by atoms with van der Waals surface area (Å²) in [7, 11) is 1.88. The van der Waals surface area contributed by atoms with Crippen molar-refractivity contribution in [1.82, 2.24) is 19.7 Å². The number of hydrogen-bond acceptors (Lipinski definition) is 7. The van der Waals surface area contributed by atoms with Gasteiger partial charge in [0, 0.05) is 24.5 Å². The number of esters is 1. The van der Waals surface area contributed by atoms with Gasteiger partial charge in [-0.2, -0.15) is 10.1 Å². The van der Waals surface area contributed by atoms with Crippen LogP contribution >= 0.6 is 0 Å². The number of carbonyl (C=O) groups is 1. The summed E-state index contributed by atoms with van der Waals surface area (Å²) in [5.74, 6) is 1.58. The summed E-state index contributed by atoms with van der Waals surface area (Å²) in [6.07, 6.45) is 1.66. The summed E-state index contributed by atoms with van der Waals surface area (Å²) in [5.41, 5.74) is 4.16. The Morgan fingerprint density at radius 2 is 1.96 bits per heavy atom. The Bertz CT molecular complexity index is 1010. The van der Waals surface area contributed by atoms with Gasteiger partial charge in [0.05, 0.1) is 17.9 Å². The number of anilines is 4. The smallest absolute Gasteiger partial charge is 0.338 e. The molecule has 3 rings (SSSR count). The molecule has 0 spiro atoms. The number of aromatic nitrogens is 4. The molecule has 1 aromatic carbocycles. The maximum Gasteiger partial charge on any atom is 0.338 e. The zero-order valence-electron chi connectivity index (χ0n) is 16.7. The summed E-state index contributed by atoms with van der Waals surface area (Å²) in [6, 6.07) is 7.21. The van der Waals surface area contributed by atoms with Crippen LogP contribution in [0.25, 0.3) is 0 Å². The molecule has 0 saturated carbocycles. The van der Waals surface area contributed by atoms with E-state index in [1.165, 1.54) is 0 Å². The zero-order chi connectivity index (χ0) is 20.3. The molecule has 0 atom stereocenters. The molecule has 0 aliphatic rings. The third kappa shape index (κ3) is 4.28. The third-order valence-corrected chi connectivity index (χ3v) is 4.27. The molecule has 0 bridgehead atoms. The molecule has 0 aliphatic heterocycles. The fourth-order valence-corrected chi connectivity index (χ4v) is 2.87. The zero-order valence-corrected chi connectivity index (χ0v) is 16.7. The summed E-state index contributed by atoms with van der Waals surface area (Å²) >= 11 is 0. The average molecular weight is 380 g/mol. The standard InChI is InChI=1S/C20H24N6O2/c1-6-28-19(27)15-9-12(2)10-16(11-15)22-20-21-8-7-17(24-20)23-18-13(3)14(4)25-26(18)5/h7-11H,6H2,1-5H3,(H2,21,22,23,24). The highest BCUT2D eigenvalue weighted by molar-refractivity contribution is 5.91. The van der Waals surface area contributed by atoms with Crippen molar-refractivity contribution in [2.45, 2.75) is 27.7 Å². The summed E-state index contributed by atoms with van der Waals surface area (Å²) < 4.78 is 6.87. The Morgan fingerprint density at radius 1 is 1.18 bits per heavy atom. The second kappa shape index (κ2) is 8.08. The highest BCUT2D eigenvalue weighted by atomic mass is 16.5. The van der Waals surface area contributed by atoms with Crippen molar-refractivity contribution in [3.63, 3.8) is 0 Å². The van der Waals surface area contributed by atoms with Gasteiger partial charge in [0.2, 0.25) is 5.95 Å². The normalized spacial score (nSPS) is 10.6. The number of nitrogens with zero attached hydrogens (tertiary/aromatic N) is 4. The van der Waals surface area contributed by atoms with Crippen molar-refractivity contribution in [3.8, 4) is 0 Å². The van der Waals surface area contributed by atoms with Gasteiger partial charge in [-0.1, -0.05) is 0 Å². The molecular formula is C20H24N6O2. The van der Waals surface area contributed by atoms with E-state index in [4.69, 9.17) is 4.74 Å². The molecule has 8 heteroatoms. The van der Waals surface area contributed by atoms with Crippen molar-refractivity contribution in [2.75, 3.05) is 17.2 Å². The predicted octanol–water partition coefficient (Wildman–Crippen LogP) is 3.80. The minimum absolute atomic E-state index is 0.333. The second-order valence-corrected chi connectivity index (χ2v) is 6.51. The van der Waals surface area contributed by atoms with Crippen molar-refractivity contribution < 1.29 is 9.53 Å². The molecule has 8 nitrogen and oxygen atoms in total. The van der Waals surface area contributed by atoms with Crippen LogP contribution in [-0.2, 0) is 11.8 Å². The Hall–Kier alpha value is -3.42. The first-order valence-corrected chi connectivity index (χ1v) is 9.03.